The van der Waals surface area contributed by atoms with Gasteiger partial charge in [-0.3, -0.25) is 4.99 Å². The summed E-state index contributed by atoms with van der Waals surface area (Å²) in [6, 6.07) is 3.23. The number of rotatable bonds is 5. The third kappa shape index (κ3) is 4.26. The Kier molecular flexibility index (Phi) is 6.56. The molecule has 0 radical (unpaired) electrons. The van der Waals surface area contributed by atoms with Crippen molar-refractivity contribution >= 4 is 45.2 Å². The smallest absolute Gasteiger partial charge is 0.407 e. The number of halogens is 2. The van der Waals surface area contributed by atoms with Crippen LogP contribution < -0.4 is 5.32 Å². The number of fused-ring (bicyclic) bond motifs is 1. The van der Waals surface area contributed by atoms with Crippen LogP contribution in [0.25, 0.3) is 0 Å². The molecule has 4 rings (SSSR count). The maximum Gasteiger partial charge on any atom is 0.407 e. The number of amidine groups is 1. The topological polar surface area (TPSA) is 93.1 Å². The Bertz CT molecular complexity index is 1110. The molecule has 2 atom stereocenters. The first-order valence-electron chi connectivity index (χ1n) is 9.87. The van der Waals surface area contributed by atoms with E-state index in [1.54, 1.807) is 19.2 Å². The van der Waals surface area contributed by atoms with Gasteiger partial charge in [0.15, 0.2) is 10.8 Å². The third-order valence-electron chi connectivity index (χ3n) is 5.14. The molecule has 2 aliphatic rings. The van der Waals surface area contributed by atoms with Crippen molar-refractivity contribution in [3.8, 4) is 0 Å². The maximum absolute atomic E-state index is 13.8. The average molecular weight is 523 g/mol. The Morgan fingerprint density at radius 3 is 2.88 bits per heavy atom. The van der Waals surface area contributed by atoms with Crippen LogP contribution in [0, 0.1) is 5.82 Å². The van der Waals surface area contributed by atoms with Crippen LogP contribution in [0.4, 0.5) is 9.18 Å². The van der Waals surface area contributed by atoms with Gasteiger partial charge < -0.3 is 19.7 Å². The number of aromatic nitrogens is 1. The molecule has 2 aliphatic heterocycles. The van der Waals surface area contributed by atoms with Crippen molar-refractivity contribution in [2.75, 3.05) is 20.3 Å². The van der Waals surface area contributed by atoms with E-state index in [1.165, 1.54) is 30.6 Å². The number of methoxy groups -OCH3 is 1. The van der Waals surface area contributed by atoms with E-state index in [4.69, 9.17) is 14.5 Å². The molecule has 0 spiro atoms. The van der Waals surface area contributed by atoms with E-state index in [1.807, 2.05) is 10.3 Å². The van der Waals surface area contributed by atoms with Crippen molar-refractivity contribution < 1.29 is 23.5 Å². The minimum absolute atomic E-state index is 0.194. The lowest BCUT2D eigenvalue weighted by molar-refractivity contribution is -0.139. The number of ether oxygens (including phenoxy) is 2. The highest BCUT2D eigenvalue weighted by Gasteiger charge is 2.43. The number of amides is 1. The number of hydrogen-bond donors (Lipinski definition) is 1. The van der Waals surface area contributed by atoms with Gasteiger partial charge in [-0.1, -0.05) is 22.0 Å². The van der Waals surface area contributed by atoms with E-state index in [-0.39, 0.29) is 12.6 Å². The fraction of sp³-hybridized carbons (Fsp3) is 0.333. The SMILES string of the molecule is CCOC(=O)C1=C2CC(NC(=O)OC)CN2C(c2nccs2)=N[C@H]1c1ccc(F)cc1Br. The fourth-order valence-electron chi connectivity index (χ4n) is 3.84. The second-order valence-corrected chi connectivity index (χ2v) is 8.84. The summed E-state index contributed by atoms with van der Waals surface area (Å²) in [4.78, 5) is 36.1. The summed E-state index contributed by atoms with van der Waals surface area (Å²) in [5, 5.41) is 5.31. The number of benzene rings is 1. The van der Waals surface area contributed by atoms with Gasteiger partial charge in [0, 0.05) is 34.7 Å². The first-order valence-corrected chi connectivity index (χ1v) is 11.5. The van der Waals surface area contributed by atoms with Crippen LogP contribution in [0.2, 0.25) is 0 Å². The molecule has 1 aromatic heterocycles. The number of nitrogens with zero attached hydrogens (tertiary/aromatic N) is 3. The summed E-state index contributed by atoms with van der Waals surface area (Å²) in [6.45, 7) is 2.32. The Morgan fingerprint density at radius 2 is 2.22 bits per heavy atom. The molecule has 1 aromatic carbocycles. The summed E-state index contributed by atoms with van der Waals surface area (Å²) in [5.41, 5.74) is 1.67. The number of thiazole rings is 1. The second-order valence-electron chi connectivity index (χ2n) is 7.09. The first kappa shape index (κ1) is 22.4. The molecule has 168 valence electrons. The van der Waals surface area contributed by atoms with Gasteiger partial charge in [-0.2, -0.15) is 0 Å². The van der Waals surface area contributed by atoms with E-state index in [9.17, 15) is 14.0 Å². The lowest BCUT2D eigenvalue weighted by Gasteiger charge is -2.31. The van der Waals surface area contributed by atoms with Crippen LogP contribution >= 0.6 is 27.3 Å². The molecule has 3 heterocycles. The molecule has 0 bridgehead atoms. The minimum Gasteiger partial charge on any atom is -0.463 e. The number of esters is 1. The molecule has 0 aliphatic carbocycles. The van der Waals surface area contributed by atoms with E-state index in [2.05, 4.69) is 26.2 Å². The Hall–Kier alpha value is -2.79. The van der Waals surface area contributed by atoms with Crippen LogP contribution in [-0.2, 0) is 14.3 Å². The maximum atomic E-state index is 13.8. The van der Waals surface area contributed by atoms with E-state index >= 15 is 0 Å². The zero-order chi connectivity index (χ0) is 22.8. The van der Waals surface area contributed by atoms with Gasteiger partial charge in [0.25, 0.3) is 0 Å². The molecule has 1 saturated heterocycles. The van der Waals surface area contributed by atoms with Crippen molar-refractivity contribution in [1.29, 1.82) is 0 Å². The number of carbonyl (C=O) groups is 2. The minimum atomic E-state index is -0.731. The highest BCUT2D eigenvalue weighted by molar-refractivity contribution is 9.10. The number of carbonyl (C=O) groups excluding carboxylic acids is 2. The molecule has 1 N–H and O–H groups in total. The molecular formula is C21H20BrFN4O4S. The van der Waals surface area contributed by atoms with Gasteiger partial charge in [-0.25, -0.2) is 19.0 Å². The molecule has 32 heavy (non-hydrogen) atoms. The first-order chi connectivity index (χ1) is 15.4. The van der Waals surface area contributed by atoms with Gasteiger partial charge in [-0.05, 0) is 24.6 Å². The van der Waals surface area contributed by atoms with Crippen LogP contribution in [0.1, 0.15) is 30.0 Å². The van der Waals surface area contributed by atoms with Gasteiger partial charge >= 0.3 is 12.1 Å². The zero-order valence-corrected chi connectivity index (χ0v) is 19.7. The largest absolute Gasteiger partial charge is 0.463 e. The molecule has 0 saturated carbocycles. The van der Waals surface area contributed by atoms with Crippen LogP contribution in [-0.4, -0.2) is 54.1 Å². The monoisotopic (exact) mass is 522 g/mol. The normalized spacial score (nSPS) is 20.0. The lowest BCUT2D eigenvalue weighted by Crippen LogP contribution is -2.39. The fourth-order valence-corrected chi connectivity index (χ4v) is 5.04. The summed E-state index contributed by atoms with van der Waals surface area (Å²) in [6.07, 6.45) is 1.50. The van der Waals surface area contributed by atoms with Gasteiger partial charge in [0.1, 0.15) is 11.9 Å². The number of aliphatic imine (C=N–C) groups is 1. The summed E-state index contributed by atoms with van der Waals surface area (Å²) < 4.78 is 24.4. The van der Waals surface area contributed by atoms with E-state index < -0.39 is 23.9 Å². The number of nitrogens with one attached hydrogen (secondary N) is 1. The van der Waals surface area contributed by atoms with Crippen LogP contribution in [0.15, 0.2) is 50.5 Å². The standard InChI is InChI=1S/C21H20BrFN4O4S/c1-3-31-20(28)16-15-9-12(25-21(29)30-2)10-27(15)18(19-24-6-7-32-19)26-17(16)13-5-4-11(23)8-14(13)22/h4-8,12,17H,3,9-10H2,1-2H3,(H,25,29)/t12?,17-/m0/s1. The van der Waals surface area contributed by atoms with Crippen LogP contribution in [0.5, 0.6) is 0 Å². The second kappa shape index (κ2) is 9.37. The van der Waals surface area contributed by atoms with Crippen molar-refractivity contribution in [1.82, 2.24) is 15.2 Å². The molecule has 8 nitrogen and oxygen atoms in total. The summed E-state index contributed by atoms with van der Waals surface area (Å²) in [5.74, 6) is -0.330. The molecule has 1 amide bonds. The Balaban J connectivity index is 1.86. The quantitative estimate of drug-likeness (QED) is 0.600. The van der Waals surface area contributed by atoms with Gasteiger partial charge in [-0.15, -0.1) is 11.3 Å². The number of hydrogen-bond acceptors (Lipinski definition) is 8. The molecule has 1 unspecified atom stereocenters. The molecular weight excluding hydrogens is 503 g/mol. The van der Waals surface area contributed by atoms with E-state index in [0.717, 1.165) is 0 Å². The third-order valence-corrected chi connectivity index (χ3v) is 6.60. The van der Waals surface area contributed by atoms with Crippen molar-refractivity contribution in [2.24, 2.45) is 4.99 Å². The molecule has 1 fully saturated rings. The predicted octanol–water partition coefficient (Wildman–Crippen LogP) is 3.79. The van der Waals surface area contributed by atoms with E-state index in [0.29, 0.717) is 45.1 Å². The summed E-state index contributed by atoms with van der Waals surface area (Å²) in [7, 11) is 1.30. The van der Waals surface area contributed by atoms with Gasteiger partial charge in [0.2, 0.25) is 0 Å². The van der Waals surface area contributed by atoms with Gasteiger partial charge in [0.05, 0.1) is 25.3 Å². The molecule has 2 aromatic rings. The van der Waals surface area contributed by atoms with Crippen molar-refractivity contribution in [3.63, 3.8) is 0 Å². The highest BCUT2D eigenvalue weighted by atomic mass is 79.9. The predicted molar refractivity (Wildman–Crippen MR) is 120 cm³/mol. The average Bonchev–Trinajstić information content (AvgIpc) is 3.42. The highest BCUT2D eigenvalue weighted by Crippen LogP contribution is 2.42. The van der Waals surface area contributed by atoms with Crippen LogP contribution in [0.3, 0.4) is 0 Å². The zero-order valence-electron chi connectivity index (χ0n) is 17.3. The number of alkyl carbamates (subject to hydrolysis) is 1. The lowest BCUT2D eigenvalue weighted by atomic mass is 9.94. The Labute approximate surface area is 196 Å². The van der Waals surface area contributed by atoms with Crippen molar-refractivity contribution in [3.05, 3.63) is 61.9 Å². The summed E-state index contributed by atoms with van der Waals surface area (Å²) >= 11 is 4.83. The van der Waals surface area contributed by atoms with Crippen molar-refractivity contribution in [2.45, 2.75) is 25.4 Å². The molecule has 11 heteroatoms. The Morgan fingerprint density at radius 1 is 1.41 bits per heavy atom.